The van der Waals surface area contributed by atoms with E-state index in [1.165, 1.54) is 12.2 Å². The molecule has 0 unspecified atom stereocenters. The van der Waals surface area contributed by atoms with Crippen molar-refractivity contribution in [1.29, 1.82) is 0 Å². The van der Waals surface area contributed by atoms with Crippen LogP contribution in [0.4, 0.5) is 4.79 Å². The minimum atomic E-state index is -0.607. The van der Waals surface area contributed by atoms with Crippen LogP contribution in [-0.4, -0.2) is 36.3 Å². The second kappa shape index (κ2) is 5.71. The molecule has 102 valence electrons. The molecule has 19 heavy (non-hydrogen) atoms. The van der Waals surface area contributed by atoms with Crippen LogP contribution >= 0.6 is 0 Å². The second-order valence-corrected chi connectivity index (χ2v) is 4.27. The number of alkyl carbamates (subject to hydrolysis) is 1. The second-order valence-electron chi connectivity index (χ2n) is 4.27. The average molecular weight is 264 g/mol. The topological polar surface area (TPSA) is 67.9 Å². The summed E-state index contributed by atoms with van der Waals surface area (Å²) in [5.74, 6) is -0.272. The van der Waals surface area contributed by atoms with Crippen molar-refractivity contribution in [3.63, 3.8) is 0 Å². The van der Waals surface area contributed by atoms with Gasteiger partial charge in [-0.2, -0.15) is 0 Å². The molecule has 1 aromatic carbocycles. The number of carbonyl (C=O) groups excluding carboxylic acids is 2. The maximum atomic E-state index is 11.6. The van der Waals surface area contributed by atoms with E-state index < -0.39 is 12.1 Å². The van der Waals surface area contributed by atoms with Gasteiger partial charge in [0.25, 0.3) is 5.91 Å². The van der Waals surface area contributed by atoms with E-state index in [0.717, 1.165) is 5.56 Å². The van der Waals surface area contributed by atoms with Crippen LogP contribution in [0.15, 0.2) is 30.3 Å². The van der Waals surface area contributed by atoms with E-state index >= 15 is 0 Å². The summed E-state index contributed by atoms with van der Waals surface area (Å²) in [6, 6.07) is 8.56. The van der Waals surface area contributed by atoms with E-state index in [0.29, 0.717) is 0 Å². The maximum absolute atomic E-state index is 11.6. The van der Waals surface area contributed by atoms with E-state index in [1.54, 1.807) is 6.92 Å². The zero-order valence-electron chi connectivity index (χ0n) is 10.8. The molecule has 6 heteroatoms. The van der Waals surface area contributed by atoms with Crippen LogP contribution in [0.2, 0.25) is 0 Å². The van der Waals surface area contributed by atoms with Gasteiger partial charge in [-0.05, 0) is 12.5 Å². The third-order valence-corrected chi connectivity index (χ3v) is 3.02. The highest BCUT2D eigenvalue weighted by Gasteiger charge is 2.46. The number of carbonyl (C=O) groups is 2. The standard InChI is InChI=1S/C13H16N2O4/c1-9-11(12(16)15(9)18-2)14-13(17)19-8-10-6-4-3-5-7-10/h3-7,9,11H,8H2,1-2H3,(H,14,17)/t9-,11+/m1/s1. The fourth-order valence-electron chi connectivity index (χ4n) is 1.93. The lowest BCUT2D eigenvalue weighted by atomic mass is 10.0. The molecule has 0 radical (unpaired) electrons. The predicted molar refractivity (Wildman–Crippen MR) is 66.9 cm³/mol. The van der Waals surface area contributed by atoms with Gasteiger partial charge in [-0.1, -0.05) is 30.3 Å². The summed E-state index contributed by atoms with van der Waals surface area (Å²) in [6.07, 6.45) is -0.607. The number of nitrogens with one attached hydrogen (secondary N) is 1. The fraction of sp³-hybridized carbons (Fsp3) is 0.385. The molecule has 0 aromatic heterocycles. The van der Waals surface area contributed by atoms with Crippen molar-refractivity contribution < 1.29 is 19.2 Å². The largest absolute Gasteiger partial charge is 0.445 e. The molecule has 0 saturated carbocycles. The van der Waals surface area contributed by atoms with Crippen molar-refractivity contribution in [1.82, 2.24) is 10.4 Å². The summed E-state index contributed by atoms with van der Waals surface area (Å²) in [5.41, 5.74) is 0.893. The summed E-state index contributed by atoms with van der Waals surface area (Å²) in [7, 11) is 1.42. The summed E-state index contributed by atoms with van der Waals surface area (Å²) < 4.78 is 5.04. The molecule has 6 nitrogen and oxygen atoms in total. The molecule has 1 fully saturated rings. The fourth-order valence-corrected chi connectivity index (χ4v) is 1.93. The number of β-lactam (4-membered cyclic amide) rings is 1. The smallest absolute Gasteiger partial charge is 0.408 e. The molecule has 1 aromatic rings. The zero-order valence-corrected chi connectivity index (χ0v) is 10.8. The number of ether oxygens (including phenoxy) is 1. The lowest BCUT2D eigenvalue weighted by Crippen LogP contribution is -2.69. The molecule has 2 atom stereocenters. The summed E-state index contributed by atoms with van der Waals surface area (Å²) >= 11 is 0. The molecule has 1 aliphatic heterocycles. The van der Waals surface area contributed by atoms with Crippen molar-refractivity contribution in [2.45, 2.75) is 25.6 Å². The van der Waals surface area contributed by atoms with Crippen molar-refractivity contribution in [2.75, 3.05) is 7.11 Å². The molecular weight excluding hydrogens is 248 g/mol. The Balaban J connectivity index is 1.78. The van der Waals surface area contributed by atoms with E-state index in [9.17, 15) is 9.59 Å². The first-order valence-electron chi connectivity index (χ1n) is 5.98. The van der Waals surface area contributed by atoms with E-state index in [4.69, 9.17) is 9.57 Å². The SMILES string of the molecule is CON1C(=O)[C@@H](NC(=O)OCc2ccccc2)[C@H]1C. The Kier molecular flexibility index (Phi) is 4.01. The van der Waals surface area contributed by atoms with E-state index in [2.05, 4.69) is 5.32 Å². The zero-order chi connectivity index (χ0) is 13.8. The highest BCUT2D eigenvalue weighted by Crippen LogP contribution is 2.19. The molecule has 2 rings (SSSR count). The van der Waals surface area contributed by atoms with Gasteiger partial charge in [-0.15, -0.1) is 0 Å². The van der Waals surface area contributed by atoms with Crippen LogP contribution in [0.3, 0.4) is 0 Å². The molecule has 1 saturated heterocycles. The van der Waals surface area contributed by atoms with Crippen LogP contribution in [0.1, 0.15) is 12.5 Å². The number of amides is 2. The Morgan fingerprint density at radius 3 is 2.63 bits per heavy atom. The minimum absolute atomic E-state index is 0.177. The molecule has 0 spiro atoms. The van der Waals surface area contributed by atoms with Gasteiger partial charge in [0, 0.05) is 0 Å². The van der Waals surface area contributed by atoms with Crippen LogP contribution < -0.4 is 5.32 Å². The lowest BCUT2D eigenvalue weighted by Gasteiger charge is -2.42. The van der Waals surface area contributed by atoms with Crippen molar-refractivity contribution >= 4 is 12.0 Å². The van der Waals surface area contributed by atoms with Crippen molar-refractivity contribution in [3.05, 3.63) is 35.9 Å². The number of hydrogen-bond acceptors (Lipinski definition) is 4. The van der Waals surface area contributed by atoms with Crippen LogP contribution in [0.5, 0.6) is 0 Å². The molecular formula is C13H16N2O4. The van der Waals surface area contributed by atoms with Gasteiger partial charge in [-0.25, -0.2) is 9.86 Å². The molecule has 0 aliphatic carbocycles. The first kappa shape index (κ1) is 13.4. The number of hydroxylamine groups is 2. The lowest BCUT2D eigenvalue weighted by molar-refractivity contribution is -0.219. The van der Waals surface area contributed by atoms with Crippen LogP contribution in [-0.2, 0) is 21.0 Å². The Morgan fingerprint density at radius 1 is 1.37 bits per heavy atom. The van der Waals surface area contributed by atoms with E-state index in [1.807, 2.05) is 30.3 Å². The number of rotatable bonds is 4. The van der Waals surface area contributed by atoms with Crippen LogP contribution in [0.25, 0.3) is 0 Å². The summed E-state index contributed by atoms with van der Waals surface area (Å²) in [5, 5.41) is 3.73. The van der Waals surface area contributed by atoms with Gasteiger partial charge in [0.15, 0.2) is 0 Å². The van der Waals surface area contributed by atoms with Crippen molar-refractivity contribution in [2.24, 2.45) is 0 Å². The first-order valence-corrected chi connectivity index (χ1v) is 5.98. The first-order chi connectivity index (χ1) is 9.13. The average Bonchev–Trinajstić information content (AvgIpc) is 2.44. The van der Waals surface area contributed by atoms with Crippen LogP contribution in [0, 0.1) is 0 Å². The van der Waals surface area contributed by atoms with E-state index in [-0.39, 0.29) is 18.6 Å². The minimum Gasteiger partial charge on any atom is -0.445 e. The molecule has 1 heterocycles. The monoisotopic (exact) mass is 264 g/mol. The molecule has 0 bridgehead atoms. The Morgan fingerprint density at radius 2 is 2.05 bits per heavy atom. The number of benzene rings is 1. The molecule has 2 amide bonds. The van der Waals surface area contributed by atoms with Gasteiger partial charge in [0.2, 0.25) is 0 Å². The van der Waals surface area contributed by atoms with Gasteiger partial charge in [-0.3, -0.25) is 9.63 Å². The Bertz CT molecular complexity index is 463. The highest BCUT2D eigenvalue weighted by molar-refractivity contribution is 5.91. The van der Waals surface area contributed by atoms with Gasteiger partial charge in [0.05, 0.1) is 13.2 Å². The number of hydrogen-bond donors (Lipinski definition) is 1. The maximum Gasteiger partial charge on any atom is 0.408 e. The third-order valence-electron chi connectivity index (χ3n) is 3.02. The van der Waals surface area contributed by atoms with Gasteiger partial charge >= 0.3 is 6.09 Å². The highest BCUT2D eigenvalue weighted by atomic mass is 16.7. The summed E-state index contributed by atoms with van der Waals surface area (Å²) in [6.45, 7) is 1.96. The van der Waals surface area contributed by atoms with Crippen molar-refractivity contribution in [3.8, 4) is 0 Å². The van der Waals surface area contributed by atoms with Gasteiger partial charge in [0.1, 0.15) is 12.6 Å². The molecule has 1 N–H and O–H groups in total. The Hall–Kier alpha value is -2.08. The normalized spacial score (nSPS) is 21.8. The molecule has 1 aliphatic rings. The predicted octanol–water partition coefficient (Wildman–Crippen LogP) is 1.07. The summed E-state index contributed by atoms with van der Waals surface area (Å²) in [4.78, 5) is 27.9. The quantitative estimate of drug-likeness (QED) is 0.826. The third kappa shape index (κ3) is 2.85. The van der Waals surface area contributed by atoms with Gasteiger partial charge < -0.3 is 10.1 Å². The number of nitrogens with zero attached hydrogens (tertiary/aromatic N) is 1. The Labute approximate surface area is 111 Å².